The number of carbonyl (C=O) groups is 2. The molecule has 24 heavy (non-hydrogen) atoms. The molecule has 1 unspecified atom stereocenters. The minimum absolute atomic E-state index is 0.0175. The molecular formula is C19H25N3O2. The summed E-state index contributed by atoms with van der Waals surface area (Å²) in [5.41, 5.74) is 1.41. The van der Waals surface area contributed by atoms with Crippen LogP contribution in [0.5, 0.6) is 0 Å². The first kappa shape index (κ1) is 15.6. The molecule has 0 bridgehead atoms. The lowest BCUT2D eigenvalue weighted by atomic mass is 10.0. The first-order valence-electron chi connectivity index (χ1n) is 8.92. The van der Waals surface area contributed by atoms with E-state index in [2.05, 4.69) is 24.9 Å². The van der Waals surface area contributed by atoms with Crippen molar-refractivity contribution in [1.29, 1.82) is 0 Å². The van der Waals surface area contributed by atoms with E-state index in [0.717, 1.165) is 38.3 Å². The number of hydrogen-bond donors (Lipinski definition) is 0. The Hall–Kier alpha value is -1.88. The van der Waals surface area contributed by atoms with Crippen molar-refractivity contribution in [3.8, 4) is 0 Å². The largest absolute Gasteiger partial charge is 0.339 e. The standard InChI is InChI=1S/C19H25N3O2/c1-14-13-15-5-3-4-6-16(15)22(14)18(24)19(7-8-19)17(23)21-11-9-20(2)10-12-21/h3-6,14H,7-13H2,1-2H3. The predicted molar refractivity (Wildman–Crippen MR) is 92.8 cm³/mol. The maximum Gasteiger partial charge on any atom is 0.242 e. The Morgan fingerprint density at radius 2 is 1.71 bits per heavy atom. The van der Waals surface area contributed by atoms with E-state index in [1.54, 1.807) is 0 Å². The van der Waals surface area contributed by atoms with E-state index in [1.165, 1.54) is 5.56 Å². The van der Waals surface area contributed by atoms with Crippen LogP contribution in [0.25, 0.3) is 0 Å². The molecule has 0 aromatic heterocycles. The summed E-state index contributed by atoms with van der Waals surface area (Å²) in [4.78, 5) is 32.4. The topological polar surface area (TPSA) is 43.9 Å². The third-order valence-electron chi connectivity index (χ3n) is 5.79. The van der Waals surface area contributed by atoms with E-state index in [-0.39, 0.29) is 17.9 Å². The van der Waals surface area contributed by atoms with Crippen LogP contribution in [-0.4, -0.2) is 60.9 Å². The van der Waals surface area contributed by atoms with Crippen molar-refractivity contribution in [2.45, 2.75) is 32.2 Å². The fourth-order valence-corrected chi connectivity index (χ4v) is 4.06. The number of likely N-dealkylation sites (N-methyl/N-ethyl adjacent to an activating group) is 1. The molecule has 0 spiro atoms. The highest BCUT2D eigenvalue weighted by atomic mass is 16.2. The minimum atomic E-state index is -0.790. The van der Waals surface area contributed by atoms with Crippen LogP contribution in [0.3, 0.4) is 0 Å². The van der Waals surface area contributed by atoms with Gasteiger partial charge in [0.2, 0.25) is 11.8 Å². The molecular weight excluding hydrogens is 302 g/mol. The third-order valence-corrected chi connectivity index (χ3v) is 5.79. The van der Waals surface area contributed by atoms with Gasteiger partial charge in [0.25, 0.3) is 0 Å². The zero-order chi connectivity index (χ0) is 16.9. The molecule has 1 saturated carbocycles. The third kappa shape index (κ3) is 2.34. The van der Waals surface area contributed by atoms with Crippen LogP contribution >= 0.6 is 0 Å². The van der Waals surface area contributed by atoms with Crippen LogP contribution in [-0.2, 0) is 16.0 Å². The minimum Gasteiger partial charge on any atom is -0.339 e. The maximum absolute atomic E-state index is 13.3. The Morgan fingerprint density at radius 1 is 1.04 bits per heavy atom. The smallest absolute Gasteiger partial charge is 0.242 e. The van der Waals surface area contributed by atoms with Crippen LogP contribution in [0.1, 0.15) is 25.3 Å². The highest BCUT2D eigenvalue weighted by Gasteiger charge is 2.60. The van der Waals surface area contributed by atoms with Crippen LogP contribution in [0.2, 0.25) is 0 Å². The van der Waals surface area contributed by atoms with Gasteiger partial charge in [-0.15, -0.1) is 0 Å². The summed E-state index contributed by atoms with van der Waals surface area (Å²) in [6.07, 6.45) is 2.27. The summed E-state index contributed by atoms with van der Waals surface area (Å²) < 4.78 is 0. The zero-order valence-corrected chi connectivity index (χ0v) is 14.5. The van der Waals surface area contributed by atoms with E-state index < -0.39 is 5.41 Å². The molecule has 4 rings (SSSR count). The second kappa shape index (κ2) is 5.59. The van der Waals surface area contributed by atoms with E-state index >= 15 is 0 Å². The molecule has 1 aliphatic carbocycles. The molecule has 1 aromatic carbocycles. The molecule has 1 saturated heterocycles. The Kier molecular flexibility index (Phi) is 3.64. The lowest BCUT2D eigenvalue weighted by Crippen LogP contribution is -2.53. The number of fused-ring (bicyclic) bond motifs is 1. The van der Waals surface area contributed by atoms with Crippen molar-refractivity contribution < 1.29 is 9.59 Å². The summed E-state index contributed by atoms with van der Waals surface area (Å²) in [5.74, 6) is 0.0704. The van der Waals surface area contributed by atoms with Crippen molar-refractivity contribution in [2.75, 3.05) is 38.1 Å². The fraction of sp³-hybridized carbons (Fsp3) is 0.579. The Bertz CT molecular complexity index is 675. The molecule has 3 aliphatic rings. The Labute approximate surface area is 143 Å². The highest BCUT2D eigenvalue weighted by Crippen LogP contribution is 2.51. The van der Waals surface area contributed by atoms with Crippen molar-refractivity contribution in [3.05, 3.63) is 29.8 Å². The lowest BCUT2D eigenvalue weighted by molar-refractivity contribution is -0.144. The number of anilines is 1. The van der Waals surface area contributed by atoms with Gasteiger partial charge < -0.3 is 14.7 Å². The van der Waals surface area contributed by atoms with Gasteiger partial charge in [-0.25, -0.2) is 0 Å². The number of para-hydroxylation sites is 1. The van der Waals surface area contributed by atoms with E-state index in [9.17, 15) is 9.59 Å². The SMILES string of the molecule is CC1Cc2ccccc2N1C(=O)C1(C(=O)N2CCN(C)CC2)CC1. The predicted octanol–water partition coefficient (Wildman–Crippen LogP) is 1.52. The molecule has 128 valence electrons. The van der Waals surface area contributed by atoms with E-state index in [0.29, 0.717) is 12.8 Å². The van der Waals surface area contributed by atoms with Crippen molar-refractivity contribution >= 4 is 17.5 Å². The van der Waals surface area contributed by atoms with Crippen LogP contribution in [0.4, 0.5) is 5.69 Å². The maximum atomic E-state index is 13.3. The number of piperazine rings is 1. The van der Waals surface area contributed by atoms with Gasteiger partial charge in [-0.1, -0.05) is 18.2 Å². The molecule has 5 nitrogen and oxygen atoms in total. The van der Waals surface area contributed by atoms with Gasteiger partial charge in [0.05, 0.1) is 0 Å². The van der Waals surface area contributed by atoms with Gasteiger partial charge in [-0.2, -0.15) is 0 Å². The highest BCUT2D eigenvalue weighted by molar-refractivity contribution is 6.15. The average molecular weight is 327 g/mol. The molecule has 1 aromatic rings. The number of rotatable bonds is 2. The van der Waals surface area contributed by atoms with Crippen LogP contribution in [0.15, 0.2) is 24.3 Å². The van der Waals surface area contributed by atoms with Gasteiger partial charge >= 0.3 is 0 Å². The Morgan fingerprint density at radius 3 is 2.38 bits per heavy atom. The molecule has 2 amide bonds. The lowest BCUT2D eigenvalue weighted by Gasteiger charge is -2.36. The molecule has 2 aliphatic heterocycles. The van der Waals surface area contributed by atoms with Gasteiger partial charge in [0.15, 0.2) is 0 Å². The Balaban J connectivity index is 1.57. The summed E-state index contributed by atoms with van der Waals surface area (Å²) in [6, 6.07) is 8.21. The van der Waals surface area contributed by atoms with Gasteiger partial charge in [-0.05, 0) is 44.9 Å². The monoisotopic (exact) mass is 327 g/mol. The second-order valence-corrected chi connectivity index (χ2v) is 7.53. The van der Waals surface area contributed by atoms with Crippen molar-refractivity contribution in [2.24, 2.45) is 5.41 Å². The summed E-state index contributed by atoms with van der Waals surface area (Å²) in [7, 11) is 2.07. The first-order chi connectivity index (χ1) is 11.5. The summed E-state index contributed by atoms with van der Waals surface area (Å²) >= 11 is 0. The number of carbonyl (C=O) groups excluding carboxylic acids is 2. The first-order valence-corrected chi connectivity index (χ1v) is 8.92. The quantitative estimate of drug-likeness (QED) is 0.774. The molecule has 2 heterocycles. The fourth-order valence-electron chi connectivity index (χ4n) is 4.06. The van der Waals surface area contributed by atoms with Crippen molar-refractivity contribution in [3.63, 3.8) is 0 Å². The van der Waals surface area contributed by atoms with E-state index in [1.807, 2.05) is 28.0 Å². The van der Waals surface area contributed by atoms with Crippen LogP contribution in [0, 0.1) is 5.41 Å². The van der Waals surface area contributed by atoms with E-state index in [4.69, 9.17) is 0 Å². The number of nitrogens with zero attached hydrogens (tertiary/aromatic N) is 3. The van der Waals surface area contributed by atoms with Crippen molar-refractivity contribution in [1.82, 2.24) is 9.80 Å². The second-order valence-electron chi connectivity index (χ2n) is 7.53. The summed E-state index contributed by atoms with van der Waals surface area (Å²) in [6.45, 7) is 5.32. The normalized spacial score (nSPS) is 25.5. The number of hydrogen-bond acceptors (Lipinski definition) is 3. The van der Waals surface area contributed by atoms with Crippen LogP contribution < -0.4 is 4.90 Å². The number of benzene rings is 1. The van der Waals surface area contributed by atoms with Gasteiger partial charge in [0, 0.05) is 37.9 Å². The van der Waals surface area contributed by atoms with Gasteiger partial charge in [-0.3, -0.25) is 9.59 Å². The molecule has 2 fully saturated rings. The molecule has 0 radical (unpaired) electrons. The zero-order valence-electron chi connectivity index (χ0n) is 14.5. The molecule has 1 atom stereocenters. The number of amides is 2. The molecule has 0 N–H and O–H groups in total. The van der Waals surface area contributed by atoms with Gasteiger partial charge in [0.1, 0.15) is 5.41 Å². The molecule has 5 heteroatoms. The summed E-state index contributed by atoms with van der Waals surface area (Å²) in [5, 5.41) is 0. The average Bonchev–Trinajstić information content (AvgIpc) is 3.32.